The standard InChI is InChI=1S/C20H32N4O/c1-2-3-4-5-6-7-8-9-10-13-16-21-20(25)24-19-22-17-14-11-12-15-18(17)23-19/h11-12,14-15H,2-10,13,16H2,1H3,(H3,21,22,23,24,25). The predicted molar refractivity (Wildman–Crippen MR) is 105 cm³/mol. The minimum absolute atomic E-state index is 0.199. The molecule has 0 saturated heterocycles. The predicted octanol–water partition coefficient (Wildman–Crippen LogP) is 5.61. The first-order valence-corrected chi connectivity index (χ1v) is 9.79. The molecule has 138 valence electrons. The number of anilines is 1. The van der Waals surface area contributed by atoms with E-state index < -0.39 is 0 Å². The molecule has 5 nitrogen and oxygen atoms in total. The van der Waals surface area contributed by atoms with Crippen molar-refractivity contribution in [2.24, 2.45) is 0 Å². The zero-order valence-electron chi connectivity index (χ0n) is 15.4. The zero-order valence-corrected chi connectivity index (χ0v) is 15.4. The molecule has 1 heterocycles. The van der Waals surface area contributed by atoms with Crippen LogP contribution in [0.1, 0.15) is 71.1 Å². The maximum atomic E-state index is 11.9. The van der Waals surface area contributed by atoms with Gasteiger partial charge in [0.25, 0.3) is 0 Å². The Balaban J connectivity index is 1.47. The fourth-order valence-corrected chi connectivity index (χ4v) is 2.98. The summed E-state index contributed by atoms with van der Waals surface area (Å²) in [6.07, 6.45) is 13.0. The maximum Gasteiger partial charge on any atom is 0.321 e. The smallest absolute Gasteiger partial charge is 0.321 e. The molecule has 2 amide bonds. The van der Waals surface area contributed by atoms with Crippen molar-refractivity contribution in [1.82, 2.24) is 15.3 Å². The number of hydrogen-bond acceptors (Lipinski definition) is 2. The second-order valence-electron chi connectivity index (χ2n) is 6.67. The molecule has 0 aliphatic rings. The minimum atomic E-state index is -0.199. The molecule has 0 aliphatic carbocycles. The third kappa shape index (κ3) is 7.59. The summed E-state index contributed by atoms with van der Waals surface area (Å²) in [6.45, 7) is 2.97. The van der Waals surface area contributed by atoms with Gasteiger partial charge in [0.15, 0.2) is 0 Å². The first-order valence-electron chi connectivity index (χ1n) is 9.79. The van der Waals surface area contributed by atoms with Gasteiger partial charge in [0.2, 0.25) is 5.95 Å². The van der Waals surface area contributed by atoms with Gasteiger partial charge in [-0.2, -0.15) is 0 Å². The zero-order chi connectivity index (χ0) is 17.7. The number of nitrogens with one attached hydrogen (secondary N) is 3. The molecule has 0 saturated carbocycles. The van der Waals surface area contributed by atoms with Crippen molar-refractivity contribution in [3.63, 3.8) is 0 Å². The monoisotopic (exact) mass is 344 g/mol. The summed E-state index contributed by atoms with van der Waals surface area (Å²) < 4.78 is 0. The number of aromatic nitrogens is 2. The number of para-hydroxylation sites is 2. The van der Waals surface area contributed by atoms with Gasteiger partial charge in [-0.3, -0.25) is 5.32 Å². The Morgan fingerprint density at radius 3 is 2.28 bits per heavy atom. The first kappa shape index (κ1) is 19.3. The molecular weight excluding hydrogens is 312 g/mol. The number of unbranched alkanes of at least 4 members (excludes halogenated alkanes) is 9. The van der Waals surface area contributed by atoms with Crippen molar-refractivity contribution >= 4 is 23.0 Å². The third-order valence-corrected chi connectivity index (χ3v) is 4.44. The van der Waals surface area contributed by atoms with Crippen molar-refractivity contribution in [2.45, 2.75) is 71.1 Å². The summed E-state index contributed by atoms with van der Waals surface area (Å²) in [7, 11) is 0. The van der Waals surface area contributed by atoms with Gasteiger partial charge in [0.05, 0.1) is 11.0 Å². The van der Waals surface area contributed by atoms with Gasteiger partial charge in [-0.1, -0.05) is 76.8 Å². The Hall–Kier alpha value is -2.04. The van der Waals surface area contributed by atoms with E-state index >= 15 is 0 Å². The Morgan fingerprint density at radius 2 is 1.60 bits per heavy atom. The van der Waals surface area contributed by atoms with Crippen LogP contribution in [0.2, 0.25) is 0 Å². The molecule has 0 atom stereocenters. The van der Waals surface area contributed by atoms with Crippen molar-refractivity contribution in [3.8, 4) is 0 Å². The molecule has 5 heteroatoms. The van der Waals surface area contributed by atoms with Gasteiger partial charge in [-0.05, 0) is 18.6 Å². The van der Waals surface area contributed by atoms with Crippen LogP contribution in [0.3, 0.4) is 0 Å². The number of urea groups is 1. The number of carbonyl (C=O) groups excluding carboxylic acids is 1. The van der Waals surface area contributed by atoms with Gasteiger partial charge >= 0.3 is 6.03 Å². The minimum Gasteiger partial charge on any atom is -0.338 e. The first-order chi connectivity index (χ1) is 12.3. The molecule has 0 aliphatic heterocycles. The van der Waals surface area contributed by atoms with E-state index in [1.54, 1.807) is 0 Å². The van der Waals surface area contributed by atoms with Crippen molar-refractivity contribution < 1.29 is 4.79 Å². The van der Waals surface area contributed by atoms with Crippen LogP contribution in [0, 0.1) is 0 Å². The number of rotatable bonds is 12. The number of hydrogen-bond donors (Lipinski definition) is 3. The lowest BCUT2D eigenvalue weighted by molar-refractivity contribution is 0.251. The second kappa shape index (κ2) is 11.5. The number of nitrogens with zero attached hydrogens (tertiary/aromatic N) is 1. The summed E-state index contributed by atoms with van der Waals surface area (Å²) in [5.74, 6) is 0.488. The Bertz CT molecular complexity index is 590. The third-order valence-electron chi connectivity index (χ3n) is 4.44. The van der Waals surface area contributed by atoms with Gasteiger partial charge in [0, 0.05) is 6.54 Å². The van der Waals surface area contributed by atoms with Gasteiger partial charge < -0.3 is 10.3 Å². The topological polar surface area (TPSA) is 69.8 Å². The number of imidazole rings is 1. The van der Waals surface area contributed by atoms with E-state index in [1.807, 2.05) is 24.3 Å². The lowest BCUT2D eigenvalue weighted by Crippen LogP contribution is -2.29. The molecule has 0 unspecified atom stereocenters. The molecule has 0 bridgehead atoms. The molecular formula is C20H32N4O. The van der Waals surface area contributed by atoms with Crippen LogP contribution in [0.25, 0.3) is 11.0 Å². The molecule has 2 rings (SSSR count). The normalized spacial score (nSPS) is 10.9. The van der Waals surface area contributed by atoms with Crippen molar-refractivity contribution in [1.29, 1.82) is 0 Å². The summed E-state index contributed by atoms with van der Waals surface area (Å²) >= 11 is 0. The Kier molecular flexibility index (Phi) is 8.87. The van der Waals surface area contributed by atoms with E-state index in [1.165, 1.54) is 57.8 Å². The van der Waals surface area contributed by atoms with Crippen LogP contribution in [-0.2, 0) is 0 Å². The van der Waals surface area contributed by atoms with E-state index in [9.17, 15) is 4.79 Å². The van der Waals surface area contributed by atoms with Crippen molar-refractivity contribution in [3.05, 3.63) is 24.3 Å². The Labute approximate surface area is 151 Å². The average Bonchev–Trinajstić information content (AvgIpc) is 3.01. The molecule has 1 aromatic carbocycles. The number of fused-ring (bicyclic) bond motifs is 1. The average molecular weight is 345 g/mol. The fourth-order valence-electron chi connectivity index (χ4n) is 2.98. The summed E-state index contributed by atoms with van der Waals surface area (Å²) in [4.78, 5) is 19.3. The molecule has 3 N–H and O–H groups in total. The molecule has 1 aromatic heterocycles. The molecule has 0 radical (unpaired) electrons. The molecule has 0 fully saturated rings. The number of benzene rings is 1. The molecule has 25 heavy (non-hydrogen) atoms. The quantitative estimate of drug-likeness (QED) is 0.438. The summed E-state index contributed by atoms with van der Waals surface area (Å²) in [5.41, 5.74) is 1.78. The van der Waals surface area contributed by atoms with Gasteiger partial charge in [0.1, 0.15) is 0 Å². The van der Waals surface area contributed by atoms with E-state index in [4.69, 9.17) is 0 Å². The number of aromatic amines is 1. The van der Waals surface area contributed by atoms with Crippen LogP contribution in [0.15, 0.2) is 24.3 Å². The SMILES string of the molecule is CCCCCCCCCCCCNC(=O)Nc1nc2ccccc2[nH]1. The molecule has 0 spiro atoms. The highest BCUT2D eigenvalue weighted by Crippen LogP contribution is 2.13. The number of H-pyrrole nitrogens is 1. The highest BCUT2D eigenvalue weighted by atomic mass is 16.2. The number of amides is 2. The van der Waals surface area contributed by atoms with Gasteiger partial charge in [-0.15, -0.1) is 0 Å². The molecule has 2 aromatic rings. The van der Waals surface area contributed by atoms with E-state index in [-0.39, 0.29) is 6.03 Å². The highest BCUT2D eigenvalue weighted by molar-refractivity contribution is 5.89. The van der Waals surface area contributed by atoms with E-state index in [0.717, 1.165) is 17.5 Å². The maximum absolute atomic E-state index is 11.9. The second-order valence-corrected chi connectivity index (χ2v) is 6.67. The summed E-state index contributed by atoms with van der Waals surface area (Å²) in [6, 6.07) is 7.52. The van der Waals surface area contributed by atoms with Crippen LogP contribution in [0.5, 0.6) is 0 Å². The van der Waals surface area contributed by atoms with Crippen LogP contribution in [0.4, 0.5) is 10.7 Å². The summed E-state index contributed by atoms with van der Waals surface area (Å²) in [5, 5.41) is 5.64. The van der Waals surface area contributed by atoms with Crippen LogP contribution >= 0.6 is 0 Å². The number of carbonyl (C=O) groups is 1. The van der Waals surface area contributed by atoms with Gasteiger partial charge in [-0.25, -0.2) is 9.78 Å². The van der Waals surface area contributed by atoms with E-state index in [2.05, 4.69) is 27.5 Å². The lowest BCUT2D eigenvalue weighted by atomic mass is 10.1. The van der Waals surface area contributed by atoms with Crippen molar-refractivity contribution in [2.75, 3.05) is 11.9 Å². The highest BCUT2D eigenvalue weighted by Gasteiger charge is 2.05. The fraction of sp³-hybridized carbons (Fsp3) is 0.600. The largest absolute Gasteiger partial charge is 0.338 e. The van der Waals surface area contributed by atoms with Crippen LogP contribution in [-0.4, -0.2) is 22.5 Å². The van der Waals surface area contributed by atoms with Crippen LogP contribution < -0.4 is 10.6 Å². The lowest BCUT2D eigenvalue weighted by Gasteiger charge is -2.05. The Morgan fingerprint density at radius 1 is 0.960 bits per heavy atom. The van der Waals surface area contributed by atoms with E-state index in [0.29, 0.717) is 12.5 Å².